The van der Waals surface area contributed by atoms with E-state index in [9.17, 15) is 5.11 Å². The summed E-state index contributed by atoms with van der Waals surface area (Å²) in [5.41, 5.74) is 7.39. The Hall–Kier alpha value is -1.30. The van der Waals surface area contributed by atoms with Gasteiger partial charge in [0.25, 0.3) is 0 Å². The first-order valence-corrected chi connectivity index (χ1v) is 4.15. The molecule has 0 bridgehead atoms. The van der Waals surface area contributed by atoms with Gasteiger partial charge in [0.05, 0.1) is 12.1 Å². The number of hydrogen-bond donors (Lipinski definition) is 2. The van der Waals surface area contributed by atoms with Crippen molar-refractivity contribution >= 4 is 0 Å². The maximum atomic E-state index is 9.26. The molecule has 1 rings (SSSR count). The van der Waals surface area contributed by atoms with Gasteiger partial charge in [-0.25, -0.2) is 0 Å². The molecule has 0 aliphatic rings. The lowest BCUT2D eigenvalue weighted by Crippen LogP contribution is -2.23. The molecule has 2 nitrogen and oxygen atoms in total. The van der Waals surface area contributed by atoms with E-state index in [-0.39, 0.29) is 6.04 Å². The minimum absolute atomic E-state index is 0.367. The van der Waals surface area contributed by atoms with Gasteiger partial charge >= 0.3 is 0 Å². The Morgan fingerprint density at radius 2 is 2.23 bits per heavy atom. The summed E-state index contributed by atoms with van der Waals surface area (Å²) < 4.78 is 0. The Labute approximate surface area is 78.4 Å². The van der Waals surface area contributed by atoms with Crippen molar-refractivity contribution in [1.29, 1.82) is 0 Å². The van der Waals surface area contributed by atoms with Gasteiger partial charge in [-0.15, -0.1) is 6.42 Å². The lowest BCUT2D eigenvalue weighted by molar-refractivity contribution is 0.164. The number of rotatable bonds is 2. The molecule has 1 aromatic carbocycles. The van der Waals surface area contributed by atoms with Gasteiger partial charge in [-0.2, -0.15) is 0 Å². The lowest BCUT2D eigenvalue weighted by Gasteiger charge is -2.14. The third-order valence-electron chi connectivity index (χ3n) is 1.96. The Kier molecular flexibility index (Phi) is 3.07. The normalized spacial score (nSPS) is 14.6. The Morgan fingerprint density at radius 3 is 2.77 bits per heavy atom. The molecule has 0 saturated carbocycles. The second-order valence-electron chi connectivity index (χ2n) is 3.04. The van der Waals surface area contributed by atoms with Crippen LogP contribution in [0.1, 0.15) is 24.1 Å². The van der Waals surface area contributed by atoms with Crippen molar-refractivity contribution in [1.82, 2.24) is 0 Å². The molecule has 0 saturated heterocycles. The van der Waals surface area contributed by atoms with Gasteiger partial charge in [0.15, 0.2) is 0 Å². The summed E-state index contributed by atoms with van der Waals surface area (Å²) in [7, 11) is 0. The van der Waals surface area contributed by atoms with E-state index < -0.39 is 6.10 Å². The molecule has 2 atom stereocenters. The van der Waals surface area contributed by atoms with Crippen molar-refractivity contribution in [2.75, 3.05) is 0 Å². The molecule has 0 aliphatic heterocycles. The van der Waals surface area contributed by atoms with E-state index in [0.29, 0.717) is 0 Å². The van der Waals surface area contributed by atoms with Gasteiger partial charge in [0.2, 0.25) is 0 Å². The number of hydrogen-bond acceptors (Lipinski definition) is 2. The van der Waals surface area contributed by atoms with Gasteiger partial charge in [0.1, 0.15) is 0 Å². The van der Waals surface area contributed by atoms with E-state index in [2.05, 4.69) is 5.92 Å². The topological polar surface area (TPSA) is 46.2 Å². The third-order valence-corrected chi connectivity index (χ3v) is 1.96. The molecule has 68 valence electrons. The zero-order valence-electron chi connectivity index (χ0n) is 7.57. The first-order chi connectivity index (χ1) is 6.15. The third kappa shape index (κ3) is 2.32. The van der Waals surface area contributed by atoms with E-state index in [1.165, 1.54) is 0 Å². The van der Waals surface area contributed by atoms with Gasteiger partial charge in [-0.05, 0) is 24.6 Å². The molecule has 1 aromatic rings. The van der Waals surface area contributed by atoms with E-state index in [0.717, 1.165) is 11.1 Å². The van der Waals surface area contributed by atoms with Crippen LogP contribution in [-0.2, 0) is 0 Å². The molecule has 0 heterocycles. The summed E-state index contributed by atoms with van der Waals surface area (Å²) in [4.78, 5) is 0. The summed E-state index contributed by atoms with van der Waals surface area (Å²) >= 11 is 0. The highest BCUT2D eigenvalue weighted by Crippen LogP contribution is 2.14. The highest BCUT2D eigenvalue weighted by Gasteiger charge is 2.11. The summed E-state index contributed by atoms with van der Waals surface area (Å²) in [6, 6.07) is 6.98. The van der Waals surface area contributed by atoms with E-state index in [4.69, 9.17) is 12.2 Å². The van der Waals surface area contributed by atoms with E-state index in [1.54, 1.807) is 6.92 Å². The van der Waals surface area contributed by atoms with Crippen LogP contribution in [0.4, 0.5) is 0 Å². The van der Waals surface area contributed by atoms with Crippen molar-refractivity contribution in [2.24, 2.45) is 5.73 Å². The van der Waals surface area contributed by atoms with Crippen molar-refractivity contribution in [3.63, 3.8) is 0 Å². The van der Waals surface area contributed by atoms with Gasteiger partial charge < -0.3 is 10.8 Å². The molecular formula is C11H13NO. The molecule has 3 N–H and O–H groups in total. The number of benzene rings is 1. The monoisotopic (exact) mass is 175 g/mol. The minimum Gasteiger partial charge on any atom is -0.391 e. The largest absolute Gasteiger partial charge is 0.391 e. The van der Waals surface area contributed by atoms with Crippen LogP contribution in [0, 0.1) is 12.3 Å². The van der Waals surface area contributed by atoms with Crippen LogP contribution in [0.2, 0.25) is 0 Å². The van der Waals surface area contributed by atoms with Crippen molar-refractivity contribution in [2.45, 2.75) is 19.1 Å². The predicted molar refractivity (Wildman–Crippen MR) is 53.0 cm³/mol. The number of terminal acetylenes is 1. The van der Waals surface area contributed by atoms with Crippen LogP contribution in [0.25, 0.3) is 0 Å². The standard InChI is InChI=1S/C11H13NO/c1-3-9-5-4-6-10(7-9)11(12)8(2)13/h1,4-8,11,13H,12H2,2H3/t8-,11+/m0/s1. The molecular weight excluding hydrogens is 162 g/mol. The first-order valence-electron chi connectivity index (χ1n) is 4.15. The molecule has 0 aliphatic carbocycles. The molecule has 0 radical (unpaired) electrons. The van der Waals surface area contributed by atoms with Crippen molar-refractivity contribution < 1.29 is 5.11 Å². The smallest absolute Gasteiger partial charge is 0.0704 e. The summed E-state index contributed by atoms with van der Waals surface area (Å²) in [5, 5.41) is 9.26. The maximum absolute atomic E-state index is 9.26. The van der Waals surface area contributed by atoms with Crippen molar-refractivity contribution in [3.05, 3.63) is 35.4 Å². The van der Waals surface area contributed by atoms with Crippen LogP contribution in [0.15, 0.2) is 24.3 Å². The van der Waals surface area contributed by atoms with E-state index in [1.807, 2.05) is 24.3 Å². The molecule has 0 unspecified atom stereocenters. The van der Waals surface area contributed by atoms with Crippen molar-refractivity contribution in [3.8, 4) is 12.3 Å². The second kappa shape index (κ2) is 4.08. The maximum Gasteiger partial charge on any atom is 0.0704 e. The van der Waals surface area contributed by atoms with Crippen LogP contribution in [0.3, 0.4) is 0 Å². The van der Waals surface area contributed by atoms with Crippen LogP contribution >= 0.6 is 0 Å². The average molecular weight is 175 g/mol. The fourth-order valence-electron chi connectivity index (χ4n) is 1.11. The lowest BCUT2D eigenvalue weighted by atomic mass is 10.0. The summed E-state index contributed by atoms with van der Waals surface area (Å²) in [5.74, 6) is 2.52. The molecule has 0 spiro atoms. The number of nitrogens with two attached hydrogens (primary N) is 1. The van der Waals surface area contributed by atoms with Crippen LogP contribution in [-0.4, -0.2) is 11.2 Å². The molecule has 0 amide bonds. The summed E-state index contributed by atoms with van der Waals surface area (Å²) in [6.45, 7) is 1.66. The zero-order valence-corrected chi connectivity index (χ0v) is 7.57. The molecule has 0 fully saturated rings. The summed E-state index contributed by atoms with van der Waals surface area (Å²) in [6.07, 6.45) is 4.68. The zero-order chi connectivity index (χ0) is 9.84. The number of aliphatic hydroxyl groups is 1. The fraction of sp³-hybridized carbons (Fsp3) is 0.273. The SMILES string of the molecule is C#Cc1cccc([C@H](N)[C@H](C)O)c1. The van der Waals surface area contributed by atoms with Crippen LogP contribution in [0.5, 0.6) is 0 Å². The average Bonchev–Trinajstić information content (AvgIpc) is 2.16. The highest BCUT2D eigenvalue weighted by molar-refractivity contribution is 5.36. The minimum atomic E-state index is -0.562. The van der Waals surface area contributed by atoms with Crippen LogP contribution < -0.4 is 5.73 Å². The fourth-order valence-corrected chi connectivity index (χ4v) is 1.11. The Balaban J connectivity index is 2.96. The second-order valence-corrected chi connectivity index (χ2v) is 3.04. The predicted octanol–water partition coefficient (Wildman–Crippen LogP) is 1.05. The number of aliphatic hydroxyl groups excluding tert-OH is 1. The van der Waals surface area contributed by atoms with E-state index >= 15 is 0 Å². The molecule has 13 heavy (non-hydrogen) atoms. The van der Waals surface area contributed by atoms with Gasteiger partial charge in [0, 0.05) is 5.56 Å². The molecule has 0 aromatic heterocycles. The first kappa shape index (κ1) is 9.79. The Bertz CT molecular complexity index is 325. The molecule has 2 heteroatoms. The van der Waals surface area contributed by atoms with Gasteiger partial charge in [-0.3, -0.25) is 0 Å². The highest BCUT2D eigenvalue weighted by atomic mass is 16.3. The van der Waals surface area contributed by atoms with Gasteiger partial charge in [-0.1, -0.05) is 18.1 Å². The Morgan fingerprint density at radius 1 is 1.54 bits per heavy atom. The quantitative estimate of drug-likeness (QED) is 0.660.